The molecule has 5 heterocycles. The summed E-state index contributed by atoms with van der Waals surface area (Å²) in [4.78, 5) is 26.4. The second-order valence-electron chi connectivity index (χ2n) is 11.7. The molecule has 9 nitrogen and oxygen atoms in total. The van der Waals surface area contributed by atoms with Crippen molar-refractivity contribution in [3.8, 4) is 17.1 Å². The van der Waals surface area contributed by atoms with Crippen molar-refractivity contribution >= 4 is 32.4 Å². The number of ether oxygens (including phenoxy) is 2. The SMILES string of the molecule is C[C@H]1COCCN1CCOc1ccc2c(n1)sc1nc(-c3ccc(CC(=O)Cc4cc(C(C)(C)C)on4)cc3)cn12. The molecule has 0 unspecified atom stereocenters. The van der Waals surface area contributed by atoms with Crippen molar-refractivity contribution in [1.29, 1.82) is 0 Å². The van der Waals surface area contributed by atoms with Crippen molar-refractivity contribution in [3.63, 3.8) is 0 Å². The summed E-state index contributed by atoms with van der Waals surface area (Å²) in [5, 5.41) is 4.07. The minimum absolute atomic E-state index is 0.104. The van der Waals surface area contributed by atoms with Gasteiger partial charge < -0.3 is 14.0 Å². The highest BCUT2D eigenvalue weighted by Gasteiger charge is 2.21. The van der Waals surface area contributed by atoms with Crippen molar-refractivity contribution in [2.24, 2.45) is 0 Å². The number of nitrogens with zero attached hydrogens (tertiary/aromatic N) is 5. The largest absolute Gasteiger partial charge is 0.476 e. The fourth-order valence-electron chi connectivity index (χ4n) is 4.98. The first-order chi connectivity index (χ1) is 19.7. The van der Waals surface area contributed by atoms with Crippen molar-refractivity contribution < 1.29 is 18.8 Å². The molecule has 10 heteroatoms. The van der Waals surface area contributed by atoms with Crippen LogP contribution >= 0.6 is 11.3 Å². The minimum atomic E-state index is -0.131. The molecule has 0 amide bonds. The summed E-state index contributed by atoms with van der Waals surface area (Å²) >= 11 is 1.54. The topological polar surface area (TPSA) is 95.0 Å². The quantitative estimate of drug-likeness (QED) is 0.233. The molecular formula is C31H35N5O4S. The molecule has 214 valence electrons. The third kappa shape index (κ3) is 6.19. The molecule has 41 heavy (non-hydrogen) atoms. The van der Waals surface area contributed by atoms with Crippen LogP contribution in [0.3, 0.4) is 0 Å². The highest BCUT2D eigenvalue weighted by atomic mass is 32.1. The van der Waals surface area contributed by atoms with E-state index in [0.29, 0.717) is 30.6 Å². The van der Waals surface area contributed by atoms with Gasteiger partial charge >= 0.3 is 0 Å². The molecule has 1 aliphatic rings. The summed E-state index contributed by atoms with van der Waals surface area (Å²) in [6.45, 7) is 12.3. The molecule has 5 aromatic rings. The van der Waals surface area contributed by atoms with E-state index in [1.807, 2.05) is 48.7 Å². The van der Waals surface area contributed by atoms with Crippen molar-refractivity contribution in [3.05, 3.63) is 65.7 Å². The lowest BCUT2D eigenvalue weighted by Gasteiger charge is -2.32. The smallest absolute Gasteiger partial charge is 0.214 e. The average molecular weight is 574 g/mol. The predicted molar refractivity (Wildman–Crippen MR) is 159 cm³/mol. The minimum Gasteiger partial charge on any atom is -0.476 e. The number of morpholine rings is 1. The van der Waals surface area contributed by atoms with Gasteiger partial charge in [0.05, 0.1) is 36.5 Å². The number of aromatic nitrogens is 4. The number of carbonyl (C=O) groups excluding carboxylic acids is 1. The van der Waals surface area contributed by atoms with Gasteiger partial charge in [-0.3, -0.25) is 14.1 Å². The number of carbonyl (C=O) groups is 1. The van der Waals surface area contributed by atoms with Gasteiger partial charge in [0.25, 0.3) is 0 Å². The summed E-state index contributed by atoms with van der Waals surface area (Å²) < 4.78 is 19.0. The molecule has 1 aliphatic heterocycles. The lowest BCUT2D eigenvalue weighted by atomic mass is 9.93. The van der Waals surface area contributed by atoms with Crippen molar-refractivity contribution in [1.82, 2.24) is 24.4 Å². The molecule has 0 N–H and O–H groups in total. The number of thiazole rings is 1. The lowest BCUT2D eigenvalue weighted by Crippen LogP contribution is -2.45. The Labute approximate surface area is 243 Å². The molecule has 0 spiro atoms. The monoisotopic (exact) mass is 573 g/mol. The summed E-state index contributed by atoms with van der Waals surface area (Å²) in [5.41, 5.74) is 4.40. The van der Waals surface area contributed by atoms with Crippen LogP contribution in [0.25, 0.3) is 26.6 Å². The van der Waals surface area contributed by atoms with Crippen LogP contribution in [-0.4, -0.2) is 69.2 Å². The normalized spacial score (nSPS) is 16.5. The van der Waals surface area contributed by atoms with Crippen LogP contribution in [0.2, 0.25) is 0 Å². The maximum Gasteiger partial charge on any atom is 0.214 e. The van der Waals surface area contributed by atoms with E-state index in [-0.39, 0.29) is 17.6 Å². The predicted octanol–water partition coefficient (Wildman–Crippen LogP) is 5.35. The Balaban J connectivity index is 1.08. The number of hydrogen-bond donors (Lipinski definition) is 0. The fourth-order valence-corrected chi connectivity index (χ4v) is 5.96. The van der Waals surface area contributed by atoms with Crippen LogP contribution in [-0.2, 0) is 27.8 Å². The second kappa shape index (κ2) is 11.3. The van der Waals surface area contributed by atoms with E-state index in [1.165, 1.54) is 0 Å². The van der Waals surface area contributed by atoms with Crippen molar-refractivity contribution in [2.45, 2.75) is 52.0 Å². The first-order valence-electron chi connectivity index (χ1n) is 14.0. The van der Waals surface area contributed by atoms with Gasteiger partial charge in [-0.2, -0.15) is 0 Å². The Morgan fingerprint density at radius 3 is 2.71 bits per heavy atom. The Hall–Kier alpha value is -3.60. The van der Waals surface area contributed by atoms with Gasteiger partial charge in [0.2, 0.25) is 5.88 Å². The third-order valence-corrected chi connectivity index (χ3v) is 8.36. The van der Waals surface area contributed by atoms with Crippen LogP contribution in [0.5, 0.6) is 5.88 Å². The Kier molecular flexibility index (Phi) is 7.63. The Bertz CT molecular complexity index is 1660. The maximum absolute atomic E-state index is 12.7. The zero-order chi connectivity index (χ0) is 28.6. The first-order valence-corrected chi connectivity index (χ1v) is 14.8. The zero-order valence-corrected chi connectivity index (χ0v) is 24.7. The number of ketones is 1. The van der Waals surface area contributed by atoms with Crippen molar-refractivity contribution in [2.75, 3.05) is 32.9 Å². The lowest BCUT2D eigenvalue weighted by molar-refractivity contribution is -0.117. The number of Topliss-reactive ketones (excluding diaryl/α,β-unsaturated/α-hetero) is 1. The van der Waals surface area contributed by atoms with E-state index in [9.17, 15) is 4.79 Å². The molecule has 1 saturated heterocycles. The summed E-state index contributed by atoms with van der Waals surface area (Å²) in [5.74, 6) is 1.52. The van der Waals surface area contributed by atoms with E-state index in [1.54, 1.807) is 11.3 Å². The van der Waals surface area contributed by atoms with Gasteiger partial charge in [-0.1, -0.05) is 61.5 Å². The van der Waals surface area contributed by atoms with Crippen LogP contribution in [0.4, 0.5) is 0 Å². The number of hydrogen-bond acceptors (Lipinski definition) is 9. The number of fused-ring (bicyclic) bond motifs is 3. The molecule has 1 atom stereocenters. The molecule has 0 bridgehead atoms. The molecule has 1 aromatic carbocycles. The van der Waals surface area contributed by atoms with E-state index in [4.69, 9.17) is 24.0 Å². The van der Waals surface area contributed by atoms with Gasteiger partial charge in [-0.25, -0.2) is 9.97 Å². The molecule has 0 aliphatic carbocycles. The molecule has 6 rings (SSSR count). The molecular weight excluding hydrogens is 538 g/mol. The Morgan fingerprint density at radius 1 is 1.12 bits per heavy atom. The van der Waals surface area contributed by atoms with E-state index in [0.717, 1.165) is 64.2 Å². The van der Waals surface area contributed by atoms with Crippen LogP contribution in [0.15, 0.2) is 53.2 Å². The highest BCUT2D eigenvalue weighted by molar-refractivity contribution is 7.23. The molecule has 0 radical (unpaired) electrons. The summed E-state index contributed by atoms with van der Waals surface area (Å²) in [7, 11) is 0. The number of benzene rings is 1. The van der Waals surface area contributed by atoms with E-state index >= 15 is 0 Å². The first kappa shape index (κ1) is 27.6. The summed E-state index contributed by atoms with van der Waals surface area (Å²) in [6, 6.07) is 14.3. The molecule has 1 fully saturated rings. The van der Waals surface area contributed by atoms with Gasteiger partial charge in [0.1, 0.15) is 23.0 Å². The third-order valence-electron chi connectivity index (χ3n) is 7.40. The fraction of sp³-hybridized carbons (Fsp3) is 0.419. The highest BCUT2D eigenvalue weighted by Crippen LogP contribution is 2.30. The standard InChI is InChI=1S/C31H35N5O4S/c1-20-19-38-13-11-35(20)12-14-39-28-10-9-26-29(33-28)41-30-32-25(18-36(26)30)22-7-5-21(6-8-22)15-24(37)16-23-17-27(40-34-23)31(2,3)4/h5-10,17-18,20H,11-16,19H2,1-4H3/t20-/m0/s1. The number of pyridine rings is 1. The maximum atomic E-state index is 12.7. The number of rotatable bonds is 9. The van der Waals surface area contributed by atoms with Crippen LogP contribution in [0.1, 0.15) is 44.7 Å². The zero-order valence-electron chi connectivity index (χ0n) is 23.9. The second-order valence-corrected chi connectivity index (χ2v) is 12.6. The Morgan fingerprint density at radius 2 is 1.95 bits per heavy atom. The summed E-state index contributed by atoms with van der Waals surface area (Å²) in [6.07, 6.45) is 2.65. The van der Waals surface area contributed by atoms with Gasteiger partial charge in [0.15, 0.2) is 4.96 Å². The van der Waals surface area contributed by atoms with Crippen LogP contribution in [0, 0.1) is 0 Å². The number of imidazole rings is 1. The average Bonchev–Trinajstić information content (AvgIpc) is 3.65. The molecule has 0 saturated carbocycles. The van der Waals surface area contributed by atoms with Crippen LogP contribution < -0.4 is 4.74 Å². The van der Waals surface area contributed by atoms with Gasteiger partial charge in [-0.05, 0) is 18.6 Å². The van der Waals surface area contributed by atoms with Gasteiger partial charge in [-0.15, -0.1) is 0 Å². The van der Waals surface area contributed by atoms with E-state index < -0.39 is 0 Å². The van der Waals surface area contributed by atoms with E-state index in [2.05, 4.69) is 42.2 Å². The van der Waals surface area contributed by atoms with Gasteiger partial charge in [0, 0.05) is 54.9 Å². The molecule has 4 aromatic heterocycles.